The Kier molecular flexibility index (Phi) is 4.14. The summed E-state index contributed by atoms with van der Waals surface area (Å²) in [6, 6.07) is 0. The molecule has 0 heterocycles. The smallest absolute Gasteiger partial charge is 0.291 e. The second kappa shape index (κ2) is 5.29. The molecular formula is C8H3F5N4O2S. The van der Waals surface area contributed by atoms with Crippen LogP contribution in [-0.2, 0) is 10.0 Å². The zero-order valence-electron chi connectivity index (χ0n) is 9.09. The molecule has 20 heavy (non-hydrogen) atoms. The van der Waals surface area contributed by atoms with E-state index in [-0.39, 0.29) is 0 Å². The maximum atomic E-state index is 13.2. The number of rotatable bonds is 2. The number of benzene rings is 1. The maximum Gasteiger partial charge on any atom is 0.291 e. The molecule has 0 aliphatic rings. The van der Waals surface area contributed by atoms with E-state index in [4.69, 9.17) is 11.0 Å². The fourth-order valence-corrected chi connectivity index (χ4v) is 2.09. The maximum absolute atomic E-state index is 13.2. The Bertz CT molecular complexity index is 711. The van der Waals surface area contributed by atoms with Gasteiger partial charge in [-0.05, 0) is 0 Å². The Morgan fingerprint density at radius 3 is 1.85 bits per heavy atom. The van der Waals surface area contributed by atoms with Gasteiger partial charge in [-0.15, -0.1) is 4.40 Å². The highest BCUT2D eigenvalue weighted by Crippen LogP contribution is 2.27. The van der Waals surface area contributed by atoms with Crippen LogP contribution in [0.1, 0.15) is 0 Å². The summed E-state index contributed by atoms with van der Waals surface area (Å²) in [5.74, 6) is -13.7. The summed E-state index contributed by atoms with van der Waals surface area (Å²) in [7, 11) is -5.35. The number of nitriles is 1. The van der Waals surface area contributed by atoms with E-state index in [1.807, 2.05) is 0 Å². The molecule has 0 aliphatic carbocycles. The molecule has 0 amide bonds. The minimum absolute atomic E-state index is 1.11. The molecule has 1 rings (SSSR count). The molecule has 108 valence electrons. The average Bonchev–Trinajstić information content (AvgIpc) is 2.33. The van der Waals surface area contributed by atoms with Crippen molar-refractivity contribution in [2.45, 2.75) is 4.90 Å². The molecule has 0 bridgehead atoms. The van der Waals surface area contributed by atoms with Crippen molar-refractivity contribution in [2.24, 2.45) is 10.1 Å². The summed E-state index contributed by atoms with van der Waals surface area (Å²) in [6.07, 6.45) is 1.14. The first-order valence-electron chi connectivity index (χ1n) is 4.40. The minimum Gasteiger partial charge on any atom is -0.368 e. The van der Waals surface area contributed by atoms with Crippen LogP contribution in [0.4, 0.5) is 22.0 Å². The van der Waals surface area contributed by atoms with Crippen LogP contribution < -0.4 is 11.1 Å². The molecule has 3 N–H and O–H groups in total. The number of sulfonamides is 1. The first-order valence-corrected chi connectivity index (χ1v) is 5.84. The second-order valence-electron chi connectivity index (χ2n) is 3.09. The average molecular weight is 314 g/mol. The molecule has 0 spiro atoms. The van der Waals surface area contributed by atoms with E-state index in [9.17, 15) is 30.4 Å². The van der Waals surface area contributed by atoms with Gasteiger partial charge >= 0.3 is 0 Å². The van der Waals surface area contributed by atoms with E-state index in [1.165, 1.54) is 5.32 Å². The Hall–Kier alpha value is -2.42. The van der Waals surface area contributed by atoms with Gasteiger partial charge in [0.15, 0.2) is 34.4 Å². The van der Waals surface area contributed by atoms with Crippen molar-refractivity contribution in [3.8, 4) is 6.19 Å². The van der Waals surface area contributed by atoms with Gasteiger partial charge in [0.25, 0.3) is 10.0 Å². The molecule has 0 atom stereocenters. The predicted molar refractivity (Wildman–Crippen MR) is 53.8 cm³/mol. The molecule has 0 aliphatic heterocycles. The highest BCUT2D eigenvalue weighted by atomic mass is 32.2. The molecule has 0 saturated heterocycles. The number of nitrogens with one attached hydrogen (secondary N) is 1. The van der Waals surface area contributed by atoms with Crippen LogP contribution in [-0.4, -0.2) is 14.4 Å². The largest absolute Gasteiger partial charge is 0.368 e. The van der Waals surface area contributed by atoms with Crippen LogP contribution in [0, 0.1) is 40.5 Å². The number of nitrogens with two attached hydrogens (primary N) is 1. The first kappa shape index (κ1) is 15.6. The molecule has 0 fully saturated rings. The molecule has 12 heteroatoms. The van der Waals surface area contributed by atoms with Crippen molar-refractivity contribution in [2.75, 3.05) is 0 Å². The summed E-state index contributed by atoms with van der Waals surface area (Å²) in [5.41, 5.74) is 4.84. The van der Waals surface area contributed by atoms with Crippen LogP contribution in [0.25, 0.3) is 0 Å². The van der Waals surface area contributed by atoms with Gasteiger partial charge in [0.2, 0.25) is 11.8 Å². The molecular weight excluding hydrogens is 311 g/mol. The van der Waals surface area contributed by atoms with Gasteiger partial charge in [-0.1, -0.05) is 0 Å². The van der Waals surface area contributed by atoms with Gasteiger partial charge in [0.05, 0.1) is 0 Å². The topological polar surface area (TPSA) is 108 Å². The highest BCUT2D eigenvalue weighted by Gasteiger charge is 2.33. The number of guanidine groups is 1. The fourth-order valence-electron chi connectivity index (χ4n) is 1.07. The second-order valence-corrected chi connectivity index (χ2v) is 4.63. The van der Waals surface area contributed by atoms with Gasteiger partial charge in [-0.25, -0.2) is 22.0 Å². The van der Waals surface area contributed by atoms with Gasteiger partial charge in [0.1, 0.15) is 0 Å². The van der Waals surface area contributed by atoms with Crippen molar-refractivity contribution >= 4 is 16.0 Å². The Labute approximate surface area is 108 Å². The molecule has 1 aromatic rings. The van der Waals surface area contributed by atoms with Crippen molar-refractivity contribution < 1.29 is 30.4 Å². The summed E-state index contributed by atoms with van der Waals surface area (Å²) >= 11 is 0. The number of nitrogens with zero attached hydrogens (tertiary/aromatic N) is 2. The van der Waals surface area contributed by atoms with Gasteiger partial charge in [-0.3, -0.25) is 5.32 Å². The molecule has 0 aromatic heterocycles. The van der Waals surface area contributed by atoms with Gasteiger partial charge in [0, 0.05) is 0 Å². The summed E-state index contributed by atoms with van der Waals surface area (Å²) in [4.78, 5) is -2.17. The highest BCUT2D eigenvalue weighted by molar-refractivity contribution is 7.90. The molecule has 0 saturated carbocycles. The quantitative estimate of drug-likeness (QED) is 0.157. The normalized spacial score (nSPS) is 12.1. The Balaban J connectivity index is 3.65. The third kappa shape index (κ3) is 2.62. The standard InChI is InChI=1S/C8H3F5N4O2S/c9-2-3(10)5(12)7(6(13)4(2)11)20(18,19)17-8(15)16-1-14/h(H3,15,16,17). The summed E-state index contributed by atoms with van der Waals surface area (Å²) < 4.78 is 90.2. The van der Waals surface area contributed by atoms with Crippen LogP contribution in [0.5, 0.6) is 0 Å². The number of halogens is 5. The zero-order chi connectivity index (χ0) is 15.7. The van der Waals surface area contributed by atoms with E-state index in [2.05, 4.69) is 4.40 Å². The minimum atomic E-state index is -5.35. The van der Waals surface area contributed by atoms with E-state index in [0.29, 0.717) is 0 Å². The Morgan fingerprint density at radius 1 is 1.05 bits per heavy atom. The monoisotopic (exact) mass is 314 g/mol. The van der Waals surface area contributed by atoms with E-state index < -0.39 is 50.0 Å². The van der Waals surface area contributed by atoms with Crippen LogP contribution >= 0.6 is 0 Å². The van der Waals surface area contributed by atoms with Crippen LogP contribution in [0.15, 0.2) is 9.29 Å². The van der Waals surface area contributed by atoms with Crippen molar-refractivity contribution in [3.05, 3.63) is 29.1 Å². The third-order valence-corrected chi connectivity index (χ3v) is 3.14. The van der Waals surface area contributed by atoms with E-state index in [0.717, 1.165) is 6.19 Å². The number of hydrogen-bond acceptors (Lipinski definition) is 3. The van der Waals surface area contributed by atoms with Crippen LogP contribution in [0.3, 0.4) is 0 Å². The lowest BCUT2D eigenvalue weighted by Crippen LogP contribution is -2.29. The van der Waals surface area contributed by atoms with E-state index >= 15 is 0 Å². The third-order valence-electron chi connectivity index (χ3n) is 1.83. The summed E-state index contributed by atoms with van der Waals surface area (Å²) in [5, 5.41) is 9.60. The zero-order valence-corrected chi connectivity index (χ0v) is 9.90. The fraction of sp³-hybridized carbons (Fsp3) is 0. The first-order chi connectivity index (χ1) is 9.13. The summed E-state index contributed by atoms with van der Waals surface area (Å²) in [6.45, 7) is 0. The molecule has 0 radical (unpaired) electrons. The SMILES string of the molecule is N#CN/C(N)=N/S(=O)(=O)c1c(F)c(F)c(F)c(F)c1F. The Morgan fingerprint density at radius 2 is 1.45 bits per heavy atom. The van der Waals surface area contributed by atoms with Crippen molar-refractivity contribution in [3.63, 3.8) is 0 Å². The lowest BCUT2D eigenvalue weighted by Gasteiger charge is -2.06. The lowest BCUT2D eigenvalue weighted by atomic mass is 10.3. The van der Waals surface area contributed by atoms with Crippen LogP contribution in [0.2, 0.25) is 0 Å². The van der Waals surface area contributed by atoms with Crippen molar-refractivity contribution in [1.29, 1.82) is 5.26 Å². The van der Waals surface area contributed by atoms with E-state index in [1.54, 1.807) is 0 Å². The molecule has 0 unspecified atom stereocenters. The molecule has 1 aromatic carbocycles. The number of hydrogen-bond donors (Lipinski definition) is 2. The van der Waals surface area contributed by atoms with Gasteiger partial charge < -0.3 is 5.73 Å². The lowest BCUT2D eigenvalue weighted by molar-refractivity contribution is 0.358. The molecule has 6 nitrogen and oxygen atoms in total. The van der Waals surface area contributed by atoms with Crippen molar-refractivity contribution in [1.82, 2.24) is 5.32 Å². The van der Waals surface area contributed by atoms with Gasteiger partial charge in [-0.2, -0.15) is 13.7 Å². The predicted octanol–water partition coefficient (Wildman–Crippen LogP) is 0.456.